The van der Waals surface area contributed by atoms with Gasteiger partial charge in [0.25, 0.3) is 0 Å². The Morgan fingerprint density at radius 3 is 2.73 bits per heavy atom. The fraction of sp³-hybridized carbons (Fsp3) is 0.600. The summed E-state index contributed by atoms with van der Waals surface area (Å²) in [6.07, 6.45) is 0.903. The molecule has 0 aliphatic carbocycles. The Balaban J connectivity index is 2.68. The molecule has 1 aromatic rings. The zero-order valence-corrected chi connectivity index (χ0v) is 10.4. The lowest BCUT2D eigenvalue weighted by Gasteiger charge is -2.08. The van der Waals surface area contributed by atoms with Crippen LogP contribution in [0.3, 0.4) is 0 Å². The molecule has 84 valence electrons. The van der Waals surface area contributed by atoms with Gasteiger partial charge in [-0.15, -0.1) is 11.3 Å². The van der Waals surface area contributed by atoms with E-state index in [9.17, 15) is 4.79 Å². The number of anilines is 1. The molecular weight excluding hydrogens is 210 g/mol. The minimum absolute atomic E-state index is 0.0473. The quantitative estimate of drug-likeness (QED) is 0.820. The fourth-order valence-corrected chi connectivity index (χ4v) is 2.06. The van der Waals surface area contributed by atoms with Crippen molar-refractivity contribution in [3.63, 3.8) is 0 Å². The van der Waals surface area contributed by atoms with Gasteiger partial charge in [0, 0.05) is 4.88 Å². The first kappa shape index (κ1) is 12.1. The molecule has 1 amide bonds. The van der Waals surface area contributed by atoms with Crippen LogP contribution >= 0.6 is 11.3 Å². The zero-order chi connectivity index (χ0) is 11.4. The number of carbonyl (C=O) groups excluding carboxylic acids is 1. The van der Waals surface area contributed by atoms with Crippen LogP contribution < -0.4 is 10.6 Å². The van der Waals surface area contributed by atoms with Crippen molar-refractivity contribution in [1.29, 1.82) is 0 Å². The summed E-state index contributed by atoms with van der Waals surface area (Å²) in [5, 5.41) is 6.37. The molecule has 0 saturated heterocycles. The highest BCUT2D eigenvalue weighted by Crippen LogP contribution is 2.22. The van der Waals surface area contributed by atoms with Crippen LogP contribution in [0.2, 0.25) is 0 Å². The predicted octanol–water partition coefficient (Wildman–Crippen LogP) is 1.56. The molecule has 0 aliphatic rings. The van der Waals surface area contributed by atoms with Crippen LogP contribution in [0.4, 0.5) is 5.13 Å². The third-order valence-corrected chi connectivity index (χ3v) is 3.21. The molecule has 5 heteroatoms. The molecule has 0 aliphatic heterocycles. The number of aryl methyl sites for hydroxylation is 2. The summed E-state index contributed by atoms with van der Waals surface area (Å²) in [6.45, 7) is 5.90. The molecule has 1 rings (SSSR count). The van der Waals surface area contributed by atoms with E-state index in [2.05, 4.69) is 22.5 Å². The van der Waals surface area contributed by atoms with Gasteiger partial charge in [0.1, 0.15) is 0 Å². The number of thiazole rings is 1. The first-order valence-electron chi connectivity index (χ1n) is 5.02. The molecule has 0 spiro atoms. The van der Waals surface area contributed by atoms with E-state index in [1.165, 1.54) is 16.2 Å². The monoisotopic (exact) mass is 227 g/mol. The normalized spacial score (nSPS) is 12.5. The summed E-state index contributed by atoms with van der Waals surface area (Å²) in [6, 6.07) is -0.195. The summed E-state index contributed by atoms with van der Waals surface area (Å²) in [5.74, 6) is -0.0473. The molecule has 1 aromatic heterocycles. The van der Waals surface area contributed by atoms with Gasteiger partial charge in [-0.2, -0.15) is 0 Å². The topological polar surface area (TPSA) is 54.0 Å². The molecule has 0 radical (unpaired) electrons. The first-order valence-corrected chi connectivity index (χ1v) is 5.84. The van der Waals surface area contributed by atoms with Crippen LogP contribution in [-0.4, -0.2) is 24.0 Å². The van der Waals surface area contributed by atoms with E-state index in [-0.39, 0.29) is 11.9 Å². The molecule has 0 fully saturated rings. The third kappa shape index (κ3) is 3.00. The largest absolute Gasteiger partial charge is 0.309 e. The maximum Gasteiger partial charge on any atom is 0.242 e. The molecule has 1 unspecified atom stereocenters. The van der Waals surface area contributed by atoms with Crippen molar-refractivity contribution in [2.75, 3.05) is 12.4 Å². The van der Waals surface area contributed by atoms with Crippen molar-refractivity contribution in [2.45, 2.75) is 33.2 Å². The smallest absolute Gasteiger partial charge is 0.242 e. The summed E-state index contributed by atoms with van der Waals surface area (Å²) in [7, 11) is 1.76. The molecule has 2 N–H and O–H groups in total. The van der Waals surface area contributed by atoms with E-state index in [1.807, 2.05) is 13.8 Å². The molecular formula is C10H17N3OS. The van der Waals surface area contributed by atoms with E-state index in [0.29, 0.717) is 5.13 Å². The van der Waals surface area contributed by atoms with E-state index in [1.54, 1.807) is 7.05 Å². The highest BCUT2D eigenvalue weighted by atomic mass is 32.1. The first-order chi connectivity index (χ1) is 7.08. The van der Waals surface area contributed by atoms with Crippen molar-refractivity contribution < 1.29 is 4.79 Å². The minimum Gasteiger partial charge on any atom is -0.309 e. The maximum absolute atomic E-state index is 11.5. The van der Waals surface area contributed by atoms with Gasteiger partial charge >= 0.3 is 0 Å². The standard InChI is InChI=1S/C10H17N3OS/c1-5-8-7(3)15-10(12-8)13-9(14)6(2)11-4/h6,11H,5H2,1-4H3,(H,12,13,14). The molecule has 0 saturated carbocycles. The van der Waals surface area contributed by atoms with Crippen LogP contribution in [0.5, 0.6) is 0 Å². The molecule has 0 bridgehead atoms. The van der Waals surface area contributed by atoms with Crippen LogP contribution in [0.15, 0.2) is 0 Å². The second kappa shape index (κ2) is 5.23. The Morgan fingerprint density at radius 1 is 1.60 bits per heavy atom. The van der Waals surface area contributed by atoms with Gasteiger partial charge in [0.05, 0.1) is 11.7 Å². The van der Waals surface area contributed by atoms with Gasteiger partial charge in [0.2, 0.25) is 5.91 Å². The lowest BCUT2D eigenvalue weighted by atomic mass is 10.3. The summed E-state index contributed by atoms with van der Waals surface area (Å²) < 4.78 is 0. The van der Waals surface area contributed by atoms with Gasteiger partial charge < -0.3 is 10.6 Å². The van der Waals surface area contributed by atoms with Crippen LogP contribution in [0.1, 0.15) is 24.4 Å². The number of aromatic nitrogens is 1. The average molecular weight is 227 g/mol. The van der Waals surface area contributed by atoms with Gasteiger partial charge in [-0.1, -0.05) is 6.92 Å². The number of amides is 1. The van der Waals surface area contributed by atoms with Crippen LogP contribution in [0, 0.1) is 6.92 Å². The van der Waals surface area contributed by atoms with Crippen molar-refractivity contribution in [2.24, 2.45) is 0 Å². The second-order valence-corrected chi connectivity index (χ2v) is 4.58. The van der Waals surface area contributed by atoms with E-state index >= 15 is 0 Å². The Labute approximate surface area is 94.1 Å². The molecule has 15 heavy (non-hydrogen) atoms. The number of carbonyl (C=O) groups is 1. The number of nitrogens with one attached hydrogen (secondary N) is 2. The molecule has 4 nitrogen and oxygen atoms in total. The number of likely N-dealkylation sites (N-methyl/N-ethyl adjacent to an activating group) is 1. The van der Waals surface area contributed by atoms with Crippen molar-refractivity contribution in [3.05, 3.63) is 10.6 Å². The van der Waals surface area contributed by atoms with E-state index < -0.39 is 0 Å². The predicted molar refractivity (Wildman–Crippen MR) is 63.4 cm³/mol. The van der Waals surface area contributed by atoms with Gasteiger partial charge in [0.15, 0.2) is 5.13 Å². The maximum atomic E-state index is 11.5. The third-order valence-electron chi connectivity index (χ3n) is 2.28. The molecule has 1 atom stereocenters. The zero-order valence-electron chi connectivity index (χ0n) is 9.55. The van der Waals surface area contributed by atoms with E-state index in [0.717, 1.165) is 12.1 Å². The lowest BCUT2D eigenvalue weighted by Crippen LogP contribution is -2.35. The average Bonchev–Trinajstić information content (AvgIpc) is 2.57. The Hall–Kier alpha value is -0.940. The fourth-order valence-electron chi connectivity index (χ4n) is 1.15. The van der Waals surface area contributed by atoms with Gasteiger partial charge in [-0.3, -0.25) is 4.79 Å². The molecule has 1 heterocycles. The summed E-state index contributed by atoms with van der Waals surface area (Å²) >= 11 is 1.52. The van der Waals surface area contributed by atoms with E-state index in [4.69, 9.17) is 0 Å². The Kier molecular flexibility index (Phi) is 4.23. The number of hydrogen-bond acceptors (Lipinski definition) is 4. The van der Waals surface area contributed by atoms with Crippen LogP contribution in [-0.2, 0) is 11.2 Å². The van der Waals surface area contributed by atoms with Gasteiger partial charge in [-0.05, 0) is 27.3 Å². The SMILES string of the molecule is CCc1nc(NC(=O)C(C)NC)sc1C. The highest BCUT2D eigenvalue weighted by molar-refractivity contribution is 7.15. The Bertz CT molecular complexity index is 348. The van der Waals surface area contributed by atoms with Crippen LogP contribution in [0.25, 0.3) is 0 Å². The highest BCUT2D eigenvalue weighted by Gasteiger charge is 2.13. The summed E-state index contributed by atoms with van der Waals surface area (Å²) in [5.41, 5.74) is 1.06. The number of nitrogens with zero attached hydrogens (tertiary/aromatic N) is 1. The minimum atomic E-state index is -0.195. The van der Waals surface area contributed by atoms with Gasteiger partial charge in [-0.25, -0.2) is 4.98 Å². The lowest BCUT2D eigenvalue weighted by molar-refractivity contribution is -0.117. The number of rotatable bonds is 4. The summed E-state index contributed by atoms with van der Waals surface area (Å²) in [4.78, 5) is 17.1. The molecule has 0 aromatic carbocycles. The second-order valence-electron chi connectivity index (χ2n) is 3.38. The Morgan fingerprint density at radius 2 is 2.27 bits per heavy atom. The van der Waals surface area contributed by atoms with Crippen molar-refractivity contribution in [1.82, 2.24) is 10.3 Å². The number of hydrogen-bond donors (Lipinski definition) is 2. The van der Waals surface area contributed by atoms with Crippen molar-refractivity contribution >= 4 is 22.4 Å². The van der Waals surface area contributed by atoms with Crippen molar-refractivity contribution in [3.8, 4) is 0 Å².